The van der Waals surface area contributed by atoms with Gasteiger partial charge in [0.15, 0.2) is 5.78 Å². The Labute approximate surface area is 87.4 Å². The summed E-state index contributed by atoms with van der Waals surface area (Å²) in [5.74, 6) is 0.0605. The van der Waals surface area contributed by atoms with Gasteiger partial charge in [-0.3, -0.25) is 4.79 Å². The van der Waals surface area contributed by atoms with Gasteiger partial charge in [0.05, 0.1) is 5.54 Å². The molecule has 4 heteroatoms. The summed E-state index contributed by atoms with van der Waals surface area (Å²) in [7, 11) is 0.840. The second kappa shape index (κ2) is 5.43. The maximum absolute atomic E-state index is 11.8. The Balaban J connectivity index is 4.86. The lowest BCUT2D eigenvalue weighted by Crippen LogP contribution is -2.45. The van der Waals surface area contributed by atoms with Crippen LogP contribution in [-0.2, 0) is 13.6 Å². The van der Waals surface area contributed by atoms with Crippen LogP contribution < -0.4 is 0 Å². The molecule has 0 aromatic rings. The molecule has 0 rings (SSSR count). The molecule has 0 saturated carbocycles. The molecule has 3 nitrogen and oxygen atoms in total. The number of allylic oxidation sites excluding steroid dienone is 1. The van der Waals surface area contributed by atoms with E-state index in [-0.39, 0.29) is 11.3 Å². The Hall–Kier alpha value is -0.453. The van der Waals surface area contributed by atoms with Crippen molar-refractivity contribution in [2.24, 2.45) is 0 Å². The van der Waals surface area contributed by atoms with Crippen LogP contribution >= 0.6 is 0 Å². The molecule has 82 valence electrons. The molecule has 0 aliphatic heterocycles. The van der Waals surface area contributed by atoms with Crippen LogP contribution in [-0.4, -0.2) is 28.6 Å². The highest BCUT2D eigenvalue weighted by atomic mass is 28.4. The zero-order valence-corrected chi connectivity index (χ0v) is 10.7. The van der Waals surface area contributed by atoms with Gasteiger partial charge >= 0.3 is 8.56 Å². The largest absolute Gasteiger partial charge is 0.397 e. The van der Waals surface area contributed by atoms with Gasteiger partial charge in [-0.2, -0.15) is 0 Å². The summed E-state index contributed by atoms with van der Waals surface area (Å²) >= 11 is 0. The van der Waals surface area contributed by atoms with Crippen LogP contribution in [0.2, 0.25) is 12.1 Å². The molecule has 0 saturated heterocycles. The number of hydrogen-bond acceptors (Lipinski definition) is 3. The number of carbonyl (C=O) groups is 1. The summed E-state index contributed by atoms with van der Waals surface area (Å²) < 4.78 is 10.7. The third-order valence-electron chi connectivity index (χ3n) is 2.59. The van der Waals surface area contributed by atoms with Gasteiger partial charge in [-0.15, -0.1) is 0 Å². The van der Waals surface area contributed by atoms with E-state index in [1.54, 1.807) is 21.1 Å². The highest BCUT2D eigenvalue weighted by Crippen LogP contribution is 2.29. The summed E-state index contributed by atoms with van der Waals surface area (Å²) in [6.45, 7) is 9.27. The van der Waals surface area contributed by atoms with Crippen molar-refractivity contribution < 1.29 is 13.6 Å². The van der Waals surface area contributed by atoms with Crippen LogP contribution in [0.1, 0.15) is 20.3 Å². The van der Waals surface area contributed by atoms with Gasteiger partial charge in [0.1, 0.15) is 0 Å². The van der Waals surface area contributed by atoms with Crippen LogP contribution in [0.3, 0.4) is 0 Å². The van der Waals surface area contributed by atoms with E-state index < -0.39 is 8.56 Å². The van der Waals surface area contributed by atoms with Crippen molar-refractivity contribution in [3.63, 3.8) is 0 Å². The summed E-state index contributed by atoms with van der Waals surface area (Å²) in [6, 6.07) is 0. The van der Waals surface area contributed by atoms with Gasteiger partial charge in [-0.1, -0.05) is 13.5 Å². The molecule has 0 spiro atoms. The lowest BCUT2D eigenvalue weighted by Gasteiger charge is -2.30. The Morgan fingerprint density at radius 2 is 1.86 bits per heavy atom. The minimum Gasteiger partial charge on any atom is -0.397 e. The van der Waals surface area contributed by atoms with Gasteiger partial charge in [-0.25, -0.2) is 0 Å². The SMILES string of the molecule is C=C(C)C(=O)C(CC)[Si](C)(OC)OC. The summed E-state index contributed by atoms with van der Waals surface area (Å²) in [5, 5.41) is 0. The molecule has 0 amide bonds. The van der Waals surface area contributed by atoms with Crippen molar-refractivity contribution in [2.75, 3.05) is 14.2 Å². The fraction of sp³-hybridized carbons (Fsp3) is 0.700. The highest BCUT2D eigenvalue weighted by Gasteiger charge is 2.42. The third-order valence-corrected chi connectivity index (χ3v) is 6.15. The molecule has 0 bridgehead atoms. The van der Waals surface area contributed by atoms with E-state index in [0.717, 1.165) is 6.42 Å². The van der Waals surface area contributed by atoms with Gasteiger partial charge in [-0.05, 0) is 25.5 Å². The molecule has 0 N–H and O–H groups in total. The second-order valence-corrected chi connectivity index (χ2v) is 7.07. The molecule has 0 aliphatic rings. The fourth-order valence-electron chi connectivity index (χ4n) is 1.46. The third kappa shape index (κ3) is 2.77. The molecule has 0 fully saturated rings. The quantitative estimate of drug-likeness (QED) is 0.505. The first kappa shape index (κ1) is 13.5. The summed E-state index contributed by atoms with van der Waals surface area (Å²) in [6.07, 6.45) is 0.732. The van der Waals surface area contributed by atoms with E-state index in [4.69, 9.17) is 8.85 Å². The molecule has 1 atom stereocenters. The average Bonchev–Trinajstić information content (AvgIpc) is 2.18. The van der Waals surface area contributed by atoms with E-state index in [2.05, 4.69) is 6.58 Å². The maximum Gasteiger partial charge on any atom is 0.345 e. The van der Waals surface area contributed by atoms with E-state index in [0.29, 0.717) is 5.57 Å². The van der Waals surface area contributed by atoms with Crippen molar-refractivity contribution in [2.45, 2.75) is 32.4 Å². The first-order valence-electron chi connectivity index (χ1n) is 4.73. The van der Waals surface area contributed by atoms with Crippen LogP contribution in [0.4, 0.5) is 0 Å². The minimum atomic E-state index is -2.36. The predicted molar refractivity (Wildman–Crippen MR) is 59.5 cm³/mol. The molecule has 0 aromatic heterocycles. The van der Waals surface area contributed by atoms with Crippen LogP contribution in [0.25, 0.3) is 0 Å². The Morgan fingerprint density at radius 1 is 1.43 bits per heavy atom. The van der Waals surface area contributed by atoms with Crippen molar-refractivity contribution in [3.05, 3.63) is 12.2 Å². The zero-order chi connectivity index (χ0) is 11.4. The number of ketones is 1. The van der Waals surface area contributed by atoms with E-state index >= 15 is 0 Å². The maximum atomic E-state index is 11.8. The fourth-order valence-corrected chi connectivity index (χ4v) is 3.66. The lowest BCUT2D eigenvalue weighted by atomic mass is 10.1. The number of carbonyl (C=O) groups excluding carboxylic acids is 1. The summed E-state index contributed by atoms with van der Waals surface area (Å²) in [5.41, 5.74) is 0.416. The Morgan fingerprint density at radius 3 is 2.07 bits per heavy atom. The molecule has 0 aliphatic carbocycles. The van der Waals surface area contributed by atoms with Gasteiger partial charge in [0, 0.05) is 14.2 Å². The molecule has 14 heavy (non-hydrogen) atoms. The molecule has 0 aromatic carbocycles. The van der Waals surface area contributed by atoms with E-state index in [9.17, 15) is 4.79 Å². The van der Waals surface area contributed by atoms with Crippen molar-refractivity contribution >= 4 is 14.3 Å². The lowest BCUT2D eigenvalue weighted by molar-refractivity contribution is -0.116. The molecule has 0 heterocycles. The monoisotopic (exact) mass is 216 g/mol. The smallest absolute Gasteiger partial charge is 0.345 e. The molecular formula is C10H20O3Si. The van der Waals surface area contributed by atoms with Gasteiger partial charge in [0.25, 0.3) is 0 Å². The first-order valence-corrected chi connectivity index (χ1v) is 7.12. The summed E-state index contributed by atoms with van der Waals surface area (Å²) in [4.78, 5) is 11.8. The standard InChI is InChI=1S/C10H20O3Si/c1-7-9(10(11)8(2)3)14(6,12-4)13-5/h9H,2,7H2,1,3-6H3. The first-order chi connectivity index (χ1) is 6.42. The number of rotatable bonds is 6. The highest BCUT2D eigenvalue weighted by molar-refractivity contribution is 6.71. The molecule has 1 unspecified atom stereocenters. The Kier molecular flexibility index (Phi) is 5.26. The van der Waals surface area contributed by atoms with Crippen molar-refractivity contribution in [1.29, 1.82) is 0 Å². The second-order valence-electron chi connectivity index (χ2n) is 3.53. The molecule has 0 radical (unpaired) electrons. The normalized spacial score (nSPS) is 13.8. The van der Waals surface area contributed by atoms with Gasteiger partial charge < -0.3 is 8.85 Å². The van der Waals surface area contributed by atoms with Crippen LogP contribution in [0.5, 0.6) is 0 Å². The minimum absolute atomic E-state index is 0.0605. The van der Waals surface area contributed by atoms with E-state index in [1.165, 1.54) is 0 Å². The molecular weight excluding hydrogens is 196 g/mol. The zero-order valence-electron chi connectivity index (χ0n) is 9.72. The van der Waals surface area contributed by atoms with Crippen molar-refractivity contribution in [3.8, 4) is 0 Å². The van der Waals surface area contributed by atoms with Gasteiger partial charge in [0.2, 0.25) is 0 Å². The predicted octanol–water partition coefficient (Wildman–Crippen LogP) is 2.28. The topological polar surface area (TPSA) is 35.5 Å². The van der Waals surface area contributed by atoms with Crippen LogP contribution in [0, 0.1) is 0 Å². The number of hydrogen-bond donors (Lipinski definition) is 0. The number of Topliss-reactive ketones (excluding diaryl/α,β-unsaturated/α-hetero) is 1. The average molecular weight is 216 g/mol. The van der Waals surface area contributed by atoms with Crippen molar-refractivity contribution in [1.82, 2.24) is 0 Å². The van der Waals surface area contributed by atoms with Crippen LogP contribution in [0.15, 0.2) is 12.2 Å². The Bertz CT molecular complexity index is 221. The van der Waals surface area contributed by atoms with E-state index in [1.807, 2.05) is 13.5 Å².